The molecule has 0 aliphatic heterocycles. The number of hydrogen-bond donors (Lipinski definition) is 2. The van der Waals surface area contributed by atoms with Gasteiger partial charge in [-0.1, -0.05) is 35.3 Å². The summed E-state index contributed by atoms with van der Waals surface area (Å²) in [5.41, 5.74) is 0.744. The zero-order chi connectivity index (χ0) is 17.9. The molecular weight excluding hydrogens is 383 g/mol. The SMILES string of the molecule is O=S(=O)(Nc1ccc(Nc2cccc(Cl)c2)nn1)c1cccc(Cl)c1. The summed E-state index contributed by atoms with van der Waals surface area (Å²) in [7, 11) is -3.79. The minimum Gasteiger partial charge on any atom is -0.339 e. The first-order valence-electron chi connectivity index (χ1n) is 7.07. The van der Waals surface area contributed by atoms with Gasteiger partial charge in [0.25, 0.3) is 10.0 Å². The predicted molar refractivity (Wildman–Crippen MR) is 99.0 cm³/mol. The molecule has 9 heteroatoms. The van der Waals surface area contributed by atoms with Gasteiger partial charge in [-0.25, -0.2) is 8.42 Å². The van der Waals surface area contributed by atoms with Gasteiger partial charge in [0.1, 0.15) is 0 Å². The summed E-state index contributed by atoms with van der Waals surface area (Å²) >= 11 is 11.7. The van der Waals surface area contributed by atoms with E-state index >= 15 is 0 Å². The number of rotatable bonds is 5. The normalized spacial score (nSPS) is 11.1. The summed E-state index contributed by atoms with van der Waals surface area (Å²) in [5, 5.41) is 11.7. The lowest BCUT2D eigenvalue weighted by molar-refractivity contribution is 0.601. The molecule has 0 saturated heterocycles. The standard InChI is InChI=1S/C16H12Cl2N4O2S/c17-11-3-1-5-13(9-11)19-15-7-8-16(21-20-15)22-25(23,24)14-6-2-4-12(18)10-14/h1-10H,(H,19,20)(H,21,22). The minimum absolute atomic E-state index is 0.0444. The number of aromatic nitrogens is 2. The van der Waals surface area contributed by atoms with Crippen molar-refractivity contribution in [1.29, 1.82) is 0 Å². The van der Waals surface area contributed by atoms with E-state index in [1.54, 1.807) is 36.4 Å². The third kappa shape index (κ3) is 4.60. The van der Waals surface area contributed by atoms with Crippen molar-refractivity contribution < 1.29 is 8.42 Å². The van der Waals surface area contributed by atoms with Crippen LogP contribution in [0.3, 0.4) is 0 Å². The van der Waals surface area contributed by atoms with E-state index in [1.807, 2.05) is 6.07 Å². The van der Waals surface area contributed by atoms with Crippen LogP contribution in [0.25, 0.3) is 0 Å². The van der Waals surface area contributed by atoms with Crippen molar-refractivity contribution in [2.75, 3.05) is 10.0 Å². The molecule has 0 bridgehead atoms. The highest BCUT2D eigenvalue weighted by atomic mass is 35.5. The smallest absolute Gasteiger partial charge is 0.263 e. The minimum atomic E-state index is -3.79. The Labute approximate surface area is 154 Å². The second-order valence-corrected chi connectivity index (χ2v) is 7.56. The molecule has 2 aromatic carbocycles. The van der Waals surface area contributed by atoms with Gasteiger partial charge in [0.2, 0.25) is 0 Å². The monoisotopic (exact) mass is 394 g/mol. The number of benzene rings is 2. The van der Waals surface area contributed by atoms with E-state index in [-0.39, 0.29) is 10.7 Å². The zero-order valence-corrected chi connectivity index (χ0v) is 15.0. The van der Waals surface area contributed by atoms with Gasteiger partial charge in [-0.05, 0) is 48.5 Å². The highest BCUT2D eigenvalue weighted by Gasteiger charge is 2.15. The molecular formula is C16H12Cl2N4O2S. The molecule has 25 heavy (non-hydrogen) atoms. The molecule has 0 aliphatic rings. The molecule has 3 rings (SSSR count). The van der Waals surface area contributed by atoms with Crippen molar-refractivity contribution >= 4 is 50.5 Å². The van der Waals surface area contributed by atoms with Crippen molar-refractivity contribution in [2.45, 2.75) is 4.90 Å². The summed E-state index contributed by atoms with van der Waals surface area (Å²) in [6, 6.07) is 16.2. The summed E-state index contributed by atoms with van der Waals surface area (Å²) in [6.07, 6.45) is 0. The molecule has 0 atom stereocenters. The average molecular weight is 395 g/mol. The van der Waals surface area contributed by atoms with Crippen molar-refractivity contribution in [3.05, 3.63) is 70.7 Å². The molecule has 2 N–H and O–H groups in total. The Morgan fingerprint density at radius 1 is 0.800 bits per heavy atom. The Morgan fingerprint density at radius 3 is 2.08 bits per heavy atom. The van der Waals surface area contributed by atoms with E-state index in [2.05, 4.69) is 20.2 Å². The fraction of sp³-hybridized carbons (Fsp3) is 0. The van der Waals surface area contributed by atoms with Crippen LogP contribution >= 0.6 is 23.2 Å². The van der Waals surface area contributed by atoms with Crippen molar-refractivity contribution in [2.24, 2.45) is 0 Å². The van der Waals surface area contributed by atoms with Crippen LogP contribution in [0.2, 0.25) is 10.0 Å². The molecule has 1 aromatic heterocycles. The first-order chi connectivity index (χ1) is 11.9. The van der Waals surface area contributed by atoms with E-state index in [1.165, 1.54) is 18.2 Å². The Kier molecular flexibility index (Phi) is 5.08. The average Bonchev–Trinajstić information content (AvgIpc) is 2.56. The second kappa shape index (κ2) is 7.26. The van der Waals surface area contributed by atoms with Gasteiger partial charge in [0.15, 0.2) is 11.6 Å². The van der Waals surface area contributed by atoms with Gasteiger partial charge in [-0.2, -0.15) is 0 Å². The molecule has 128 valence electrons. The third-order valence-electron chi connectivity index (χ3n) is 3.11. The number of hydrogen-bond acceptors (Lipinski definition) is 5. The topological polar surface area (TPSA) is 84.0 Å². The van der Waals surface area contributed by atoms with Gasteiger partial charge >= 0.3 is 0 Å². The van der Waals surface area contributed by atoms with Crippen molar-refractivity contribution in [3.63, 3.8) is 0 Å². The number of anilines is 3. The van der Waals surface area contributed by atoms with Crippen LogP contribution in [0.15, 0.2) is 65.6 Å². The van der Waals surface area contributed by atoms with E-state index < -0.39 is 10.0 Å². The quantitative estimate of drug-likeness (QED) is 0.672. The summed E-state index contributed by atoms with van der Waals surface area (Å²) in [5.74, 6) is 0.546. The van der Waals surface area contributed by atoms with Crippen LogP contribution in [-0.2, 0) is 10.0 Å². The first kappa shape index (κ1) is 17.5. The second-order valence-electron chi connectivity index (χ2n) is 5.00. The maximum Gasteiger partial charge on any atom is 0.263 e. The molecule has 0 spiro atoms. The summed E-state index contributed by atoms with van der Waals surface area (Å²) in [6.45, 7) is 0. The highest BCUT2D eigenvalue weighted by molar-refractivity contribution is 7.92. The molecule has 0 unspecified atom stereocenters. The van der Waals surface area contributed by atoms with Gasteiger partial charge in [-0.3, -0.25) is 4.72 Å². The van der Waals surface area contributed by atoms with Crippen molar-refractivity contribution in [1.82, 2.24) is 10.2 Å². The maximum absolute atomic E-state index is 12.3. The van der Waals surface area contributed by atoms with Crippen LogP contribution in [0, 0.1) is 0 Å². The van der Waals surface area contributed by atoms with Gasteiger partial charge in [0.05, 0.1) is 4.90 Å². The lowest BCUT2D eigenvalue weighted by Crippen LogP contribution is -2.14. The molecule has 6 nitrogen and oxygen atoms in total. The Balaban J connectivity index is 1.74. The maximum atomic E-state index is 12.3. The van der Waals surface area contributed by atoms with Crippen LogP contribution in [0.4, 0.5) is 17.3 Å². The van der Waals surface area contributed by atoms with E-state index in [0.717, 1.165) is 5.69 Å². The molecule has 0 aliphatic carbocycles. The lowest BCUT2D eigenvalue weighted by atomic mass is 10.3. The number of sulfonamides is 1. The Morgan fingerprint density at radius 2 is 1.44 bits per heavy atom. The van der Waals surface area contributed by atoms with E-state index in [9.17, 15) is 8.42 Å². The first-order valence-corrected chi connectivity index (χ1v) is 9.31. The molecule has 1 heterocycles. The van der Waals surface area contributed by atoms with Crippen LogP contribution in [-0.4, -0.2) is 18.6 Å². The van der Waals surface area contributed by atoms with Crippen LogP contribution in [0.5, 0.6) is 0 Å². The van der Waals surface area contributed by atoms with E-state index in [0.29, 0.717) is 15.9 Å². The Bertz CT molecular complexity index is 995. The predicted octanol–water partition coefficient (Wildman–Crippen LogP) is 4.33. The van der Waals surface area contributed by atoms with Gasteiger partial charge < -0.3 is 5.32 Å². The fourth-order valence-electron chi connectivity index (χ4n) is 2.00. The number of halogens is 2. The lowest BCUT2D eigenvalue weighted by Gasteiger charge is -2.08. The van der Waals surface area contributed by atoms with Gasteiger partial charge in [-0.15, -0.1) is 10.2 Å². The number of nitrogens with one attached hydrogen (secondary N) is 2. The van der Waals surface area contributed by atoms with Crippen LogP contribution < -0.4 is 10.0 Å². The molecule has 0 radical (unpaired) electrons. The van der Waals surface area contributed by atoms with Gasteiger partial charge in [0, 0.05) is 15.7 Å². The van der Waals surface area contributed by atoms with E-state index in [4.69, 9.17) is 23.2 Å². The Hall–Kier alpha value is -2.35. The fourth-order valence-corrected chi connectivity index (χ4v) is 3.49. The molecule has 0 amide bonds. The molecule has 0 fully saturated rings. The summed E-state index contributed by atoms with van der Waals surface area (Å²) in [4.78, 5) is 0.0444. The zero-order valence-electron chi connectivity index (χ0n) is 12.6. The largest absolute Gasteiger partial charge is 0.339 e. The molecule has 0 saturated carbocycles. The summed E-state index contributed by atoms with van der Waals surface area (Å²) < 4.78 is 27.0. The van der Waals surface area contributed by atoms with Crippen molar-refractivity contribution in [3.8, 4) is 0 Å². The number of nitrogens with zero attached hydrogens (tertiary/aromatic N) is 2. The molecule has 3 aromatic rings. The highest BCUT2D eigenvalue weighted by Crippen LogP contribution is 2.20. The third-order valence-corrected chi connectivity index (χ3v) is 4.93. The van der Waals surface area contributed by atoms with Crippen LogP contribution in [0.1, 0.15) is 0 Å².